The van der Waals surface area contributed by atoms with Crippen molar-refractivity contribution in [2.45, 2.75) is 17.9 Å². The Labute approximate surface area is 162 Å². The number of rotatable bonds is 5. The summed E-state index contributed by atoms with van der Waals surface area (Å²) in [6.45, 7) is 1.77. The first kappa shape index (κ1) is 19.4. The maximum absolute atomic E-state index is 13.7. The summed E-state index contributed by atoms with van der Waals surface area (Å²) in [5.41, 5.74) is 0.697. The van der Waals surface area contributed by atoms with Gasteiger partial charge in [-0.2, -0.15) is 0 Å². The number of nitrogens with one attached hydrogen (secondary N) is 1. The van der Waals surface area contributed by atoms with Crippen LogP contribution < -0.4 is 5.32 Å². The lowest BCUT2D eigenvalue weighted by Crippen LogP contribution is -2.41. The Morgan fingerprint density at radius 1 is 1.19 bits per heavy atom. The summed E-state index contributed by atoms with van der Waals surface area (Å²) in [4.78, 5) is 30.9. The van der Waals surface area contributed by atoms with Gasteiger partial charge in [0.25, 0.3) is 11.8 Å². The van der Waals surface area contributed by atoms with Crippen LogP contribution in [0.4, 0.5) is 4.39 Å². The minimum absolute atomic E-state index is 0.00120. The predicted octanol–water partition coefficient (Wildman–Crippen LogP) is 3.22. The van der Waals surface area contributed by atoms with E-state index in [0.29, 0.717) is 25.2 Å². The molecule has 0 saturated carbocycles. The molecule has 1 aliphatic heterocycles. The molecule has 5 nitrogen and oxygen atoms in total. The third kappa shape index (κ3) is 4.66. The number of amides is 2. The number of benzene rings is 1. The van der Waals surface area contributed by atoms with E-state index >= 15 is 0 Å². The molecular weight excluding hydrogens is 365 g/mol. The van der Waals surface area contributed by atoms with Crippen molar-refractivity contribution < 1.29 is 14.0 Å². The summed E-state index contributed by atoms with van der Waals surface area (Å²) in [6.07, 6.45) is 5.20. The molecule has 2 aromatic rings. The summed E-state index contributed by atoms with van der Waals surface area (Å²) >= 11 is 1.46. The van der Waals surface area contributed by atoms with Gasteiger partial charge in [-0.25, -0.2) is 9.37 Å². The first-order valence-corrected chi connectivity index (χ1v) is 10.1. The molecule has 27 heavy (non-hydrogen) atoms. The number of piperidine rings is 1. The van der Waals surface area contributed by atoms with Gasteiger partial charge in [0.1, 0.15) is 10.8 Å². The molecule has 0 unspecified atom stereocenters. The average molecular weight is 387 g/mol. The van der Waals surface area contributed by atoms with Gasteiger partial charge in [-0.15, -0.1) is 11.8 Å². The molecule has 0 atom stereocenters. The fraction of sp³-hybridized carbons (Fsp3) is 0.350. The van der Waals surface area contributed by atoms with Gasteiger partial charge in [-0.05, 0) is 49.3 Å². The first-order valence-electron chi connectivity index (χ1n) is 8.91. The topological polar surface area (TPSA) is 62.3 Å². The lowest BCUT2D eigenvalue weighted by atomic mass is 9.96. The minimum atomic E-state index is -0.517. The Bertz CT molecular complexity index is 822. The monoisotopic (exact) mass is 387 g/mol. The van der Waals surface area contributed by atoms with Crippen molar-refractivity contribution in [3.05, 3.63) is 59.5 Å². The number of halogens is 1. The molecule has 1 saturated heterocycles. The van der Waals surface area contributed by atoms with Gasteiger partial charge in [0.2, 0.25) is 0 Å². The number of pyridine rings is 1. The third-order valence-electron chi connectivity index (χ3n) is 4.77. The van der Waals surface area contributed by atoms with Crippen LogP contribution in [0.3, 0.4) is 0 Å². The zero-order valence-corrected chi connectivity index (χ0v) is 16.0. The van der Waals surface area contributed by atoms with Gasteiger partial charge in [0, 0.05) is 25.8 Å². The molecule has 0 aliphatic carbocycles. The van der Waals surface area contributed by atoms with Crippen molar-refractivity contribution in [3.63, 3.8) is 0 Å². The first-order chi connectivity index (χ1) is 13.1. The average Bonchev–Trinajstić information content (AvgIpc) is 2.72. The highest BCUT2D eigenvalue weighted by atomic mass is 32.2. The second-order valence-corrected chi connectivity index (χ2v) is 7.28. The highest BCUT2D eigenvalue weighted by Crippen LogP contribution is 2.22. The van der Waals surface area contributed by atoms with Gasteiger partial charge in [0.15, 0.2) is 0 Å². The number of aromatic nitrogens is 1. The van der Waals surface area contributed by atoms with Crippen molar-refractivity contribution in [2.24, 2.45) is 5.92 Å². The summed E-state index contributed by atoms with van der Waals surface area (Å²) in [6, 6.07) is 9.54. The second-order valence-electron chi connectivity index (χ2n) is 6.49. The van der Waals surface area contributed by atoms with Crippen molar-refractivity contribution in [3.8, 4) is 0 Å². The molecular formula is C20H22FN3O2S. The number of nitrogens with zero attached hydrogens (tertiary/aromatic N) is 2. The van der Waals surface area contributed by atoms with Gasteiger partial charge < -0.3 is 10.2 Å². The number of thioether (sulfide) groups is 1. The minimum Gasteiger partial charge on any atom is -0.352 e. The van der Waals surface area contributed by atoms with Crippen LogP contribution in [0.15, 0.2) is 47.6 Å². The van der Waals surface area contributed by atoms with Crippen LogP contribution in [-0.2, 0) is 0 Å². The summed E-state index contributed by atoms with van der Waals surface area (Å²) < 4.78 is 13.7. The van der Waals surface area contributed by atoms with E-state index < -0.39 is 11.7 Å². The van der Waals surface area contributed by atoms with Crippen molar-refractivity contribution in [2.75, 3.05) is 25.9 Å². The van der Waals surface area contributed by atoms with Crippen LogP contribution in [0.2, 0.25) is 0 Å². The van der Waals surface area contributed by atoms with Crippen molar-refractivity contribution in [1.82, 2.24) is 15.2 Å². The molecule has 2 amide bonds. The van der Waals surface area contributed by atoms with Crippen LogP contribution in [0.1, 0.15) is 33.6 Å². The van der Waals surface area contributed by atoms with E-state index in [-0.39, 0.29) is 17.4 Å². The maximum Gasteiger partial charge on any atom is 0.256 e. The Morgan fingerprint density at radius 3 is 2.59 bits per heavy atom. The second kappa shape index (κ2) is 8.99. The van der Waals surface area contributed by atoms with E-state index in [0.717, 1.165) is 17.9 Å². The van der Waals surface area contributed by atoms with Crippen LogP contribution in [0, 0.1) is 11.7 Å². The summed E-state index contributed by atoms with van der Waals surface area (Å²) in [7, 11) is 0. The van der Waals surface area contributed by atoms with E-state index in [2.05, 4.69) is 10.3 Å². The molecule has 1 N–H and O–H groups in total. The Morgan fingerprint density at radius 2 is 1.89 bits per heavy atom. The van der Waals surface area contributed by atoms with E-state index in [1.54, 1.807) is 24.4 Å². The maximum atomic E-state index is 13.7. The van der Waals surface area contributed by atoms with E-state index in [9.17, 15) is 14.0 Å². The van der Waals surface area contributed by atoms with Crippen LogP contribution >= 0.6 is 11.8 Å². The van der Waals surface area contributed by atoms with Gasteiger partial charge in [-0.3, -0.25) is 9.59 Å². The normalized spacial score (nSPS) is 14.8. The zero-order valence-electron chi connectivity index (χ0n) is 15.2. The number of hydrogen-bond donors (Lipinski definition) is 1. The highest BCUT2D eigenvalue weighted by Gasteiger charge is 2.25. The predicted molar refractivity (Wildman–Crippen MR) is 103 cm³/mol. The highest BCUT2D eigenvalue weighted by molar-refractivity contribution is 7.98. The molecule has 0 radical (unpaired) electrons. The number of hydrogen-bond acceptors (Lipinski definition) is 4. The zero-order chi connectivity index (χ0) is 19.2. The quantitative estimate of drug-likeness (QED) is 0.800. The van der Waals surface area contributed by atoms with Crippen LogP contribution in [0.5, 0.6) is 0 Å². The molecule has 0 bridgehead atoms. The van der Waals surface area contributed by atoms with Gasteiger partial charge in [-0.1, -0.05) is 12.1 Å². The summed E-state index contributed by atoms with van der Waals surface area (Å²) in [5.74, 6) is -0.636. The number of carbonyl (C=O) groups excluding carboxylic acids is 2. The largest absolute Gasteiger partial charge is 0.352 e. The lowest BCUT2D eigenvalue weighted by molar-refractivity contribution is 0.0680. The molecule has 1 aromatic heterocycles. The third-order valence-corrected chi connectivity index (χ3v) is 5.48. The Kier molecular flexibility index (Phi) is 6.45. The molecule has 1 fully saturated rings. The van der Waals surface area contributed by atoms with Gasteiger partial charge >= 0.3 is 0 Å². The molecule has 3 rings (SSSR count). The Balaban J connectivity index is 1.51. The lowest BCUT2D eigenvalue weighted by Gasteiger charge is -2.32. The fourth-order valence-electron chi connectivity index (χ4n) is 3.20. The molecule has 1 aliphatic rings. The fourth-order valence-corrected chi connectivity index (χ4v) is 3.75. The molecule has 0 spiro atoms. The Hall–Kier alpha value is -2.41. The smallest absolute Gasteiger partial charge is 0.256 e. The molecule has 7 heteroatoms. The summed E-state index contributed by atoms with van der Waals surface area (Å²) in [5, 5.41) is 3.55. The molecule has 1 aromatic carbocycles. The van der Waals surface area contributed by atoms with E-state index in [1.165, 1.54) is 23.9 Å². The molecule has 2 heterocycles. The van der Waals surface area contributed by atoms with Crippen molar-refractivity contribution >= 4 is 23.6 Å². The van der Waals surface area contributed by atoms with E-state index in [4.69, 9.17) is 0 Å². The number of likely N-dealkylation sites (tertiary alicyclic amines) is 1. The molecule has 142 valence electrons. The SMILES string of the molecule is CSc1ncccc1C(=O)N1CCC(CNC(=O)c2ccccc2F)CC1. The van der Waals surface area contributed by atoms with E-state index in [1.807, 2.05) is 17.2 Å². The standard InChI is InChI=1S/C20H22FN3O2S/c1-27-19-16(6-4-10-22-19)20(26)24-11-8-14(9-12-24)13-23-18(25)15-5-2-3-7-17(15)21/h2-7,10,14H,8-9,11-13H2,1H3,(H,23,25). The number of carbonyl (C=O) groups is 2. The van der Waals surface area contributed by atoms with Crippen molar-refractivity contribution in [1.29, 1.82) is 0 Å². The van der Waals surface area contributed by atoms with Crippen LogP contribution in [0.25, 0.3) is 0 Å². The van der Waals surface area contributed by atoms with Crippen LogP contribution in [-0.4, -0.2) is 47.6 Å². The van der Waals surface area contributed by atoms with Gasteiger partial charge in [0.05, 0.1) is 11.1 Å².